The zero-order chi connectivity index (χ0) is 15.1. The Kier molecular flexibility index (Phi) is 3.08. The van der Waals surface area contributed by atoms with Crippen LogP contribution in [0.15, 0.2) is 35.3 Å². The molecule has 1 aromatic rings. The summed E-state index contributed by atoms with van der Waals surface area (Å²) < 4.78 is 0. The first kappa shape index (κ1) is 13.5. The number of nitrogens with one attached hydrogen (secondary N) is 1. The predicted molar refractivity (Wildman–Crippen MR) is 76.9 cm³/mol. The summed E-state index contributed by atoms with van der Waals surface area (Å²) in [4.78, 5) is 42.0. The summed E-state index contributed by atoms with van der Waals surface area (Å²) in [5, 5.41) is 2.28. The van der Waals surface area contributed by atoms with Gasteiger partial charge in [0.15, 0.2) is 0 Å². The molecule has 0 aliphatic carbocycles. The first-order valence-corrected chi connectivity index (χ1v) is 6.72. The topological polar surface area (TPSA) is 78.8 Å². The Morgan fingerprint density at radius 1 is 1.19 bits per heavy atom. The quantitative estimate of drug-likeness (QED) is 0.798. The van der Waals surface area contributed by atoms with Gasteiger partial charge in [-0.2, -0.15) is 0 Å². The average molecular weight is 285 g/mol. The van der Waals surface area contributed by atoms with Crippen molar-refractivity contribution in [3.8, 4) is 0 Å². The SMILES string of the molecule is CC1=NC(C(=O)N(C)c2ccccc2)C2C(=O)NC(=O)C12. The van der Waals surface area contributed by atoms with E-state index in [1.165, 1.54) is 4.90 Å². The van der Waals surface area contributed by atoms with Crippen LogP contribution in [0.3, 0.4) is 0 Å². The van der Waals surface area contributed by atoms with Crippen LogP contribution in [0.5, 0.6) is 0 Å². The van der Waals surface area contributed by atoms with Crippen LogP contribution < -0.4 is 10.2 Å². The second-order valence-corrected chi connectivity index (χ2v) is 5.31. The second kappa shape index (κ2) is 4.80. The Morgan fingerprint density at radius 2 is 1.86 bits per heavy atom. The number of anilines is 1. The molecule has 0 saturated carbocycles. The largest absolute Gasteiger partial charge is 0.314 e. The standard InChI is InChI=1S/C15H15N3O3/c1-8-10-11(14(20)17-13(10)19)12(16-8)15(21)18(2)9-6-4-3-5-7-9/h3-7,10-12H,1-2H3,(H,17,19,20). The molecule has 108 valence electrons. The Labute approximate surface area is 121 Å². The van der Waals surface area contributed by atoms with Crippen LogP contribution in [-0.4, -0.2) is 36.5 Å². The number of hydrogen-bond acceptors (Lipinski definition) is 4. The lowest BCUT2D eigenvalue weighted by molar-refractivity contribution is -0.129. The maximum atomic E-state index is 12.6. The van der Waals surface area contributed by atoms with Gasteiger partial charge in [0.2, 0.25) is 11.8 Å². The minimum Gasteiger partial charge on any atom is -0.314 e. The van der Waals surface area contributed by atoms with E-state index in [2.05, 4.69) is 10.3 Å². The number of rotatable bonds is 2. The number of hydrogen-bond donors (Lipinski definition) is 1. The maximum Gasteiger partial charge on any atom is 0.252 e. The molecule has 3 amide bonds. The molecule has 1 aromatic carbocycles. The number of carbonyl (C=O) groups is 3. The van der Waals surface area contributed by atoms with Gasteiger partial charge in [-0.15, -0.1) is 0 Å². The first-order chi connectivity index (χ1) is 10.0. The van der Waals surface area contributed by atoms with Crippen LogP contribution in [0.25, 0.3) is 0 Å². The summed E-state index contributed by atoms with van der Waals surface area (Å²) in [6.07, 6.45) is 0. The van der Waals surface area contributed by atoms with Gasteiger partial charge in [-0.05, 0) is 19.1 Å². The summed E-state index contributed by atoms with van der Waals surface area (Å²) in [7, 11) is 1.64. The molecule has 1 fully saturated rings. The van der Waals surface area contributed by atoms with E-state index in [1.54, 1.807) is 26.1 Å². The minimum atomic E-state index is -0.827. The van der Waals surface area contributed by atoms with Gasteiger partial charge in [-0.3, -0.25) is 24.7 Å². The van der Waals surface area contributed by atoms with Crippen LogP contribution in [0, 0.1) is 11.8 Å². The molecular weight excluding hydrogens is 270 g/mol. The fraction of sp³-hybridized carbons (Fsp3) is 0.333. The number of likely N-dealkylation sites (N-methyl/N-ethyl adjacent to an activating group) is 1. The first-order valence-electron chi connectivity index (χ1n) is 6.72. The molecule has 1 N–H and O–H groups in total. The van der Waals surface area contributed by atoms with Crippen molar-refractivity contribution >= 4 is 29.1 Å². The lowest BCUT2D eigenvalue weighted by atomic mass is 9.89. The molecule has 6 heteroatoms. The van der Waals surface area contributed by atoms with E-state index in [-0.39, 0.29) is 11.8 Å². The van der Waals surface area contributed by atoms with Crippen molar-refractivity contribution in [3.63, 3.8) is 0 Å². The van der Waals surface area contributed by atoms with E-state index in [0.29, 0.717) is 5.71 Å². The van der Waals surface area contributed by atoms with E-state index < -0.39 is 23.8 Å². The molecule has 3 unspecified atom stereocenters. The highest BCUT2D eigenvalue weighted by molar-refractivity contribution is 6.20. The lowest BCUT2D eigenvalue weighted by Crippen LogP contribution is -2.41. The molecule has 0 spiro atoms. The molecule has 2 aliphatic heterocycles. The average Bonchev–Trinajstić information content (AvgIpc) is 2.98. The fourth-order valence-electron chi connectivity index (χ4n) is 2.94. The fourth-order valence-corrected chi connectivity index (χ4v) is 2.94. The number of benzene rings is 1. The van der Waals surface area contributed by atoms with Crippen LogP contribution in [0.2, 0.25) is 0 Å². The smallest absolute Gasteiger partial charge is 0.252 e. The number of carbonyl (C=O) groups excluding carboxylic acids is 3. The van der Waals surface area contributed by atoms with E-state index in [4.69, 9.17) is 0 Å². The van der Waals surface area contributed by atoms with Crippen LogP contribution in [0.1, 0.15) is 6.92 Å². The molecule has 6 nitrogen and oxygen atoms in total. The number of amides is 3. The lowest BCUT2D eigenvalue weighted by Gasteiger charge is -2.22. The molecule has 21 heavy (non-hydrogen) atoms. The van der Waals surface area contributed by atoms with E-state index in [0.717, 1.165) is 5.69 Å². The molecule has 0 bridgehead atoms. The van der Waals surface area contributed by atoms with Crippen molar-refractivity contribution in [2.24, 2.45) is 16.8 Å². The van der Waals surface area contributed by atoms with Gasteiger partial charge in [-0.25, -0.2) is 0 Å². The maximum absolute atomic E-state index is 12.6. The van der Waals surface area contributed by atoms with Crippen molar-refractivity contribution in [1.29, 1.82) is 0 Å². The molecule has 3 atom stereocenters. The second-order valence-electron chi connectivity index (χ2n) is 5.31. The van der Waals surface area contributed by atoms with Gasteiger partial charge in [0.25, 0.3) is 5.91 Å². The zero-order valence-electron chi connectivity index (χ0n) is 11.7. The van der Waals surface area contributed by atoms with Crippen molar-refractivity contribution < 1.29 is 14.4 Å². The van der Waals surface area contributed by atoms with Crippen molar-refractivity contribution in [1.82, 2.24) is 5.32 Å². The van der Waals surface area contributed by atoms with E-state index in [9.17, 15) is 14.4 Å². The summed E-state index contributed by atoms with van der Waals surface area (Å²) in [5.74, 6) is -2.36. The minimum absolute atomic E-state index is 0.280. The van der Waals surface area contributed by atoms with Gasteiger partial charge in [0, 0.05) is 18.4 Å². The molecule has 2 aliphatic rings. The summed E-state index contributed by atoms with van der Waals surface area (Å²) in [6, 6.07) is 8.31. The van der Waals surface area contributed by atoms with Gasteiger partial charge in [-0.1, -0.05) is 18.2 Å². The zero-order valence-corrected chi connectivity index (χ0v) is 11.7. The molecule has 2 heterocycles. The van der Waals surface area contributed by atoms with Gasteiger partial charge < -0.3 is 4.90 Å². The van der Waals surface area contributed by atoms with Crippen LogP contribution in [-0.2, 0) is 14.4 Å². The molecule has 1 saturated heterocycles. The number of imide groups is 1. The molecular formula is C15H15N3O3. The van der Waals surface area contributed by atoms with Crippen LogP contribution in [0.4, 0.5) is 5.69 Å². The Balaban J connectivity index is 1.89. The van der Waals surface area contributed by atoms with Gasteiger partial charge >= 0.3 is 0 Å². The normalized spacial score (nSPS) is 27.1. The highest BCUT2D eigenvalue weighted by atomic mass is 16.2. The number of nitrogens with zero attached hydrogens (tertiary/aromatic N) is 2. The third-order valence-electron chi connectivity index (χ3n) is 4.05. The van der Waals surface area contributed by atoms with Crippen molar-refractivity contribution in [2.45, 2.75) is 13.0 Å². The number of para-hydroxylation sites is 1. The summed E-state index contributed by atoms with van der Waals surface area (Å²) in [5.41, 5.74) is 1.27. The van der Waals surface area contributed by atoms with E-state index in [1.807, 2.05) is 18.2 Å². The van der Waals surface area contributed by atoms with Gasteiger partial charge in [0.05, 0.1) is 11.8 Å². The predicted octanol–water partition coefficient (Wildman–Crippen LogP) is 0.381. The summed E-state index contributed by atoms with van der Waals surface area (Å²) >= 11 is 0. The van der Waals surface area contributed by atoms with E-state index >= 15 is 0 Å². The van der Waals surface area contributed by atoms with Crippen LogP contribution >= 0.6 is 0 Å². The number of fused-ring (bicyclic) bond motifs is 1. The molecule has 0 radical (unpaired) electrons. The third-order valence-corrected chi connectivity index (χ3v) is 4.05. The Morgan fingerprint density at radius 3 is 2.52 bits per heavy atom. The highest BCUT2D eigenvalue weighted by Crippen LogP contribution is 2.33. The Hall–Kier alpha value is -2.50. The monoisotopic (exact) mass is 285 g/mol. The van der Waals surface area contributed by atoms with Gasteiger partial charge in [0.1, 0.15) is 6.04 Å². The Bertz CT molecular complexity index is 653. The third kappa shape index (κ3) is 2.03. The molecule has 0 aromatic heterocycles. The highest BCUT2D eigenvalue weighted by Gasteiger charge is 2.54. The van der Waals surface area contributed by atoms with Crippen molar-refractivity contribution in [3.05, 3.63) is 30.3 Å². The van der Waals surface area contributed by atoms with Crippen molar-refractivity contribution in [2.75, 3.05) is 11.9 Å². The number of aliphatic imine (C=N–C) groups is 1. The molecule has 3 rings (SSSR count). The summed E-state index contributed by atoms with van der Waals surface area (Å²) in [6.45, 7) is 1.69.